The van der Waals surface area contributed by atoms with Gasteiger partial charge in [0.25, 0.3) is 5.92 Å². The second-order valence-electron chi connectivity index (χ2n) is 5.27. The Morgan fingerprint density at radius 2 is 2.30 bits per heavy atom. The Bertz CT molecular complexity index is 501. The van der Waals surface area contributed by atoms with E-state index in [1.807, 2.05) is 13.8 Å². The lowest BCUT2D eigenvalue weighted by atomic mass is 10.0. The first-order valence-corrected chi connectivity index (χ1v) is 6.82. The number of anilines is 1. The highest BCUT2D eigenvalue weighted by Gasteiger charge is 2.40. The molecule has 0 bridgehead atoms. The van der Waals surface area contributed by atoms with Crippen LogP contribution >= 0.6 is 0 Å². The Morgan fingerprint density at radius 3 is 2.90 bits per heavy atom. The highest BCUT2D eigenvalue weighted by molar-refractivity contribution is 5.89. The number of piperidine rings is 1. The molecule has 2 rings (SSSR count). The average Bonchev–Trinajstić information content (AvgIpc) is 2.69. The molecule has 20 heavy (non-hydrogen) atoms. The molecule has 0 unspecified atom stereocenters. The quantitative estimate of drug-likeness (QED) is 0.909. The number of nitrogens with one attached hydrogen (secondary N) is 1. The van der Waals surface area contributed by atoms with Crippen LogP contribution in [-0.2, 0) is 6.54 Å². The number of likely N-dealkylation sites (tertiary alicyclic amines) is 1. The maximum Gasteiger partial charge on any atom is 0.323 e. The first-order chi connectivity index (χ1) is 9.34. The van der Waals surface area contributed by atoms with Crippen LogP contribution in [0.4, 0.5) is 19.4 Å². The molecule has 1 aliphatic heterocycles. The third-order valence-electron chi connectivity index (χ3n) is 3.65. The molecule has 0 aliphatic carbocycles. The third kappa shape index (κ3) is 2.91. The highest BCUT2D eigenvalue weighted by atomic mass is 19.3. The average molecular weight is 286 g/mol. The van der Waals surface area contributed by atoms with E-state index >= 15 is 0 Å². The van der Waals surface area contributed by atoms with Crippen molar-refractivity contribution >= 4 is 11.8 Å². The zero-order chi connectivity index (χ0) is 14.9. The van der Waals surface area contributed by atoms with E-state index < -0.39 is 12.0 Å². The predicted octanol–water partition coefficient (Wildman–Crippen LogP) is 2.86. The van der Waals surface area contributed by atoms with Gasteiger partial charge >= 0.3 is 6.03 Å². The van der Waals surface area contributed by atoms with Gasteiger partial charge in [0.1, 0.15) is 5.82 Å². The number of carbonyl (C=O) groups excluding carboxylic acids is 1. The molecule has 0 aromatic carbocycles. The molecule has 112 valence electrons. The van der Waals surface area contributed by atoms with E-state index in [9.17, 15) is 13.6 Å². The summed E-state index contributed by atoms with van der Waals surface area (Å²) in [6, 6.07) is -0.816. The maximum absolute atomic E-state index is 13.3. The summed E-state index contributed by atoms with van der Waals surface area (Å²) in [5.74, 6) is -2.04. The predicted molar refractivity (Wildman–Crippen MR) is 72.0 cm³/mol. The van der Waals surface area contributed by atoms with Gasteiger partial charge in [-0.25, -0.2) is 18.3 Å². The summed E-state index contributed by atoms with van der Waals surface area (Å²) in [4.78, 5) is 13.7. The van der Waals surface area contributed by atoms with Gasteiger partial charge in [0, 0.05) is 37.5 Å². The summed E-state index contributed by atoms with van der Waals surface area (Å²) in [6.07, 6.45) is 1.11. The molecular weight excluding hydrogens is 266 g/mol. The van der Waals surface area contributed by atoms with Crippen LogP contribution in [0.2, 0.25) is 0 Å². The normalized spacial score (nSPS) is 21.9. The minimum Gasteiger partial charge on any atom is -0.321 e. The van der Waals surface area contributed by atoms with E-state index in [1.165, 1.54) is 4.90 Å². The van der Waals surface area contributed by atoms with Crippen molar-refractivity contribution in [2.24, 2.45) is 0 Å². The molecule has 1 aliphatic rings. The van der Waals surface area contributed by atoms with Gasteiger partial charge < -0.3 is 4.90 Å². The van der Waals surface area contributed by atoms with Gasteiger partial charge in [0.05, 0.1) is 6.20 Å². The van der Waals surface area contributed by atoms with Crippen molar-refractivity contribution in [3.05, 3.63) is 11.8 Å². The molecule has 5 nitrogen and oxygen atoms in total. The largest absolute Gasteiger partial charge is 0.323 e. The summed E-state index contributed by atoms with van der Waals surface area (Å²) in [5, 5.41) is 6.92. The second-order valence-corrected chi connectivity index (χ2v) is 5.27. The summed E-state index contributed by atoms with van der Waals surface area (Å²) < 4.78 is 28.2. The zero-order valence-corrected chi connectivity index (χ0v) is 12.0. The molecule has 0 saturated carbocycles. The van der Waals surface area contributed by atoms with Gasteiger partial charge in [0.15, 0.2) is 0 Å². The Hall–Kier alpha value is -1.66. The molecule has 0 spiro atoms. The first-order valence-electron chi connectivity index (χ1n) is 6.82. The molecule has 0 radical (unpaired) electrons. The van der Waals surface area contributed by atoms with Crippen molar-refractivity contribution in [3.8, 4) is 0 Å². The van der Waals surface area contributed by atoms with E-state index in [0.29, 0.717) is 12.4 Å². The number of aryl methyl sites for hydroxylation is 2. The smallest absolute Gasteiger partial charge is 0.321 e. The highest BCUT2D eigenvalue weighted by Crippen LogP contribution is 2.32. The van der Waals surface area contributed by atoms with Gasteiger partial charge in [-0.2, -0.15) is 5.10 Å². The number of halogens is 2. The fraction of sp³-hybridized carbons (Fsp3) is 0.692. The molecule has 2 heterocycles. The van der Waals surface area contributed by atoms with E-state index in [4.69, 9.17) is 0 Å². The van der Waals surface area contributed by atoms with Crippen LogP contribution in [0.15, 0.2) is 6.20 Å². The molecule has 7 heteroatoms. The minimum absolute atomic E-state index is 0.0688. The van der Waals surface area contributed by atoms with Crippen LogP contribution in [0.25, 0.3) is 0 Å². The summed E-state index contributed by atoms with van der Waals surface area (Å²) in [7, 11) is 0. The number of hydrogen-bond acceptors (Lipinski definition) is 2. The zero-order valence-electron chi connectivity index (χ0n) is 12.0. The topological polar surface area (TPSA) is 50.2 Å². The SMILES string of the molecule is CCn1ncc(C)c1NC(=O)N1CCC(F)(F)C[C@@H]1C. The van der Waals surface area contributed by atoms with Crippen LogP contribution in [0.3, 0.4) is 0 Å². The number of alkyl halides is 2. The lowest BCUT2D eigenvalue weighted by Crippen LogP contribution is -2.50. The second kappa shape index (κ2) is 5.38. The molecule has 1 fully saturated rings. The monoisotopic (exact) mass is 286 g/mol. The van der Waals surface area contributed by atoms with Gasteiger partial charge in [-0.05, 0) is 20.8 Å². The molecule has 2 amide bonds. The number of carbonyl (C=O) groups is 1. The Balaban J connectivity index is 2.07. The summed E-state index contributed by atoms with van der Waals surface area (Å²) >= 11 is 0. The van der Waals surface area contributed by atoms with Crippen molar-refractivity contribution in [2.75, 3.05) is 11.9 Å². The fourth-order valence-corrected chi connectivity index (χ4v) is 2.51. The minimum atomic E-state index is -2.67. The number of urea groups is 1. The van der Waals surface area contributed by atoms with Crippen molar-refractivity contribution in [3.63, 3.8) is 0 Å². The van der Waals surface area contributed by atoms with Crippen molar-refractivity contribution in [1.82, 2.24) is 14.7 Å². The lowest BCUT2D eigenvalue weighted by Gasteiger charge is -2.37. The molecule has 1 atom stereocenters. The number of nitrogens with zero attached hydrogens (tertiary/aromatic N) is 3. The van der Waals surface area contributed by atoms with Crippen molar-refractivity contribution in [2.45, 2.75) is 52.1 Å². The van der Waals surface area contributed by atoms with Crippen LogP contribution in [0, 0.1) is 6.92 Å². The van der Waals surface area contributed by atoms with Gasteiger partial charge in [0.2, 0.25) is 0 Å². The van der Waals surface area contributed by atoms with Gasteiger partial charge in [-0.1, -0.05) is 0 Å². The number of amides is 2. The summed E-state index contributed by atoms with van der Waals surface area (Å²) in [6.45, 7) is 6.13. The van der Waals surface area contributed by atoms with Gasteiger partial charge in [-0.15, -0.1) is 0 Å². The standard InChI is InChI=1S/C13H20F2N4O/c1-4-19-11(9(2)8-16-19)17-12(20)18-6-5-13(14,15)7-10(18)3/h8,10H,4-7H2,1-3H3,(H,17,20)/t10-/m0/s1. The van der Waals surface area contributed by atoms with E-state index in [2.05, 4.69) is 10.4 Å². The summed E-state index contributed by atoms with van der Waals surface area (Å²) in [5.41, 5.74) is 0.857. The van der Waals surface area contributed by atoms with E-state index in [0.717, 1.165) is 5.56 Å². The number of aromatic nitrogens is 2. The molecule has 1 aromatic rings. The van der Waals surface area contributed by atoms with Crippen LogP contribution < -0.4 is 5.32 Å². The van der Waals surface area contributed by atoms with Crippen LogP contribution in [-0.4, -0.2) is 39.2 Å². The Labute approximate surface area is 116 Å². The van der Waals surface area contributed by atoms with Crippen molar-refractivity contribution in [1.29, 1.82) is 0 Å². The number of hydrogen-bond donors (Lipinski definition) is 1. The van der Waals surface area contributed by atoms with Crippen LogP contribution in [0.5, 0.6) is 0 Å². The molecule has 1 N–H and O–H groups in total. The Morgan fingerprint density at radius 1 is 1.60 bits per heavy atom. The van der Waals surface area contributed by atoms with Gasteiger partial charge in [-0.3, -0.25) is 5.32 Å². The maximum atomic E-state index is 13.3. The van der Waals surface area contributed by atoms with Crippen molar-refractivity contribution < 1.29 is 13.6 Å². The Kier molecular flexibility index (Phi) is 3.96. The molecular formula is C13H20F2N4O. The molecule has 1 aromatic heterocycles. The lowest BCUT2D eigenvalue weighted by molar-refractivity contribution is -0.0628. The van der Waals surface area contributed by atoms with E-state index in [-0.39, 0.29) is 25.4 Å². The van der Waals surface area contributed by atoms with E-state index in [1.54, 1.807) is 17.8 Å². The third-order valence-corrected chi connectivity index (χ3v) is 3.65. The fourth-order valence-electron chi connectivity index (χ4n) is 2.51. The number of rotatable bonds is 2. The molecule has 1 saturated heterocycles. The first kappa shape index (κ1) is 14.7. The van der Waals surface area contributed by atoms with Crippen LogP contribution in [0.1, 0.15) is 32.3 Å².